The summed E-state index contributed by atoms with van der Waals surface area (Å²) in [6.45, 7) is 0.308. The van der Waals surface area contributed by atoms with E-state index >= 15 is 0 Å². The van der Waals surface area contributed by atoms with Gasteiger partial charge in [-0.15, -0.1) is 0 Å². The van der Waals surface area contributed by atoms with Crippen LogP contribution in [-0.2, 0) is 6.54 Å². The van der Waals surface area contributed by atoms with Gasteiger partial charge in [0.25, 0.3) is 0 Å². The zero-order valence-electron chi connectivity index (χ0n) is 7.82. The van der Waals surface area contributed by atoms with Crippen LogP contribution in [0.4, 0.5) is 0 Å². The molecule has 0 aliphatic heterocycles. The molecule has 0 spiro atoms. The molecule has 1 saturated carbocycles. The van der Waals surface area contributed by atoms with Gasteiger partial charge in [0.05, 0.1) is 0 Å². The molecule has 1 aliphatic rings. The first kappa shape index (κ1) is 9.26. The molecule has 0 bridgehead atoms. The minimum absolute atomic E-state index is 0.0849. The van der Waals surface area contributed by atoms with Gasteiger partial charge in [-0.1, -0.05) is 6.42 Å². The van der Waals surface area contributed by atoms with Crippen LogP contribution in [0, 0.1) is 5.92 Å². The highest BCUT2D eigenvalue weighted by Gasteiger charge is 2.25. The van der Waals surface area contributed by atoms with Gasteiger partial charge < -0.3 is 5.73 Å². The Morgan fingerprint density at radius 2 is 1.93 bits per heavy atom. The number of nitrogens with two attached hydrogens (primary N) is 1. The smallest absolute Gasteiger partial charge is 0.326 e. The topological polar surface area (TPSA) is 96.7 Å². The van der Waals surface area contributed by atoms with Gasteiger partial charge in [-0.2, -0.15) is 0 Å². The van der Waals surface area contributed by atoms with Crippen LogP contribution in [-0.4, -0.2) is 20.8 Å². The number of rotatable bonds is 3. The van der Waals surface area contributed by atoms with Crippen molar-refractivity contribution in [3.8, 4) is 0 Å². The Labute approximate surface area is 80.1 Å². The maximum atomic E-state index is 11.1. The zero-order valence-corrected chi connectivity index (χ0v) is 7.82. The minimum atomic E-state index is -0.412. The normalized spacial score (nSPS) is 19.2. The van der Waals surface area contributed by atoms with E-state index in [9.17, 15) is 9.59 Å². The summed E-state index contributed by atoms with van der Waals surface area (Å²) < 4.78 is 1.11. The molecule has 1 atom stereocenters. The molecule has 2 rings (SSSR count). The second kappa shape index (κ2) is 3.45. The highest BCUT2D eigenvalue weighted by molar-refractivity contribution is 4.81. The van der Waals surface area contributed by atoms with Crippen molar-refractivity contribution in [2.75, 3.05) is 0 Å². The summed E-state index contributed by atoms with van der Waals surface area (Å²) in [4.78, 5) is 22.3. The predicted octanol–water partition coefficient (Wildman–Crippen LogP) is -1.01. The van der Waals surface area contributed by atoms with Crippen molar-refractivity contribution in [3.63, 3.8) is 0 Å². The number of nitrogens with zero attached hydrogens (tertiary/aromatic N) is 1. The van der Waals surface area contributed by atoms with Crippen molar-refractivity contribution in [1.82, 2.24) is 14.8 Å². The third-order valence-electron chi connectivity index (χ3n) is 2.92. The first-order chi connectivity index (χ1) is 6.68. The fourth-order valence-corrected chi connectivity index (χ4v) is 1.73. The molecular weight excluding hydrogens is 184 g/mol. The van der Waals surface area contributed by atoms with Crippen molar-refractivity contribution in [2.45, 2.75) is 31.8 Å². The van der Waals surface area contributed by atoms with Crippen LogP contribution in [0.1, 0.15) is 19.3 Å². The van der Waals surface area contributed by atoms with E-state index in [0.717, 1.165) is 17.4 Å². The summed E-state index contributed by atoms with van der Waals surface area (Å²) in [5.74, 6) is 0.469. The van der Waals surface area contributed by atoms with Gasteiger partial charge in [0.15, 0.2) is 0 Å². The molecule has 0 radical (unpaired) electrons. The van der Waals surface area contributed by atoms with Crippen LogP contribution in [0.2, 0.25) is 0 Å². The standard InChI is InChI=1S/C8H14N4O2/c9-6(5-2-1-3-5)4-12-7(13)10-11-8(12)14/h5-6H,1-4,9H2,(H,10,13)(H,11,14). The highest BCUT2D eigenvalue weighted by Crippen LogP contribution is 2.28. The van der Waals surface area contributed by atoms with Crippen LogP contribution in [0.25, 0.3) is 0 Å². The molecule has 6 nitrogen and oxygen atoms in total. The summed E-state index contributed by atoms with van der Waals surface area (Å²) in [5.41, 5.74) is 5.06. The molecule has 0 aromatic carbocycles. The Morgan fingerprint density at radius 1 is 1.36 bits per heavy atom. The fraction of sp³-hybridized carbons (Fsp3) is 0.750. The molecule has 0 saturated heterocycles. The van der Waals surface area contributed by atoms with E-state index in [1.54, 1.807) is 0 Å². The van der Waals surface area contributed by atoms with Crippen LogP contribution in [0.15, 0.2) is 9.59 Å². The van der Waals surface area contributed by atoms with Crippen LogP contribution in [0.5, 0.6) is 0 Å². The third-order valence-corrected chi connectivity index (χ3v) is 2.92. The molecule has 1 aliphatic carbocycles. The number of aromatic amines is 2. The summed E-state index contributed by atoms with van der Waals surface area (Å²) >= 11 is 0. The van der Waals surface area contributed by atoms with Gasteiger partial charge in [0.1, 0.15) is 0 Å². The Kier molecular flexibility index (Phi) is 2.28. The highest BCUT2D eigenvalue weighted by atomic mass is 16.2. The number of H-pyrrole nitrogens is 2. The Morgan fingerprint density at radius 3 is 2.36 bits per heavy atom. The van der Waals surface area contributed by atoms with Gasteiger partial charge in [0, 0.05) is 12.6 Å². The number of hydrogen-bond acceptors (Lipinski definition) is 3. The number of aromatic nitrogens is 3. The Balaban J connectivity index is 2.09. The molecule has 6 heteroatoms. The minimum Gasteiger partial charge on any atom is -0.326 e. The van der Waals surface area contributed by atoms with Crippen molar-refractivity contribution >= 4 is 0 Å². The molecule has 1 aromatic rings. The summed E-state index contributed by atoms with van der Waals surface area (Å²) in [7, 11) is 0. The molecule has 78 valence electrons. The Bertz CT molecular complexity index is 384. The average molecular weight is 198 g/mol. The lowest BCUT2D eigenvalue weighted by Crippen LogP contribution is -2.42. The zero-order chi connectivity index (χ0) is 10.1. The first-order valence-corrected chi connectivity index (χ1v) is 4.81. The molecule has 0 amide bonds. The van der Waals surface area contributed by atoms with E-state index in [0.29, 0.717) is 12.5 Å². The lowest BCUT2D eigenvalue weighted by Gasteiger charge is -2.30. The fourth-order valence-electron chi connectivity index (χ4n) is 1.73. The van der Waals surface area contributed by atoms with Gasteiger partial charge in [-0.3, -0.25) is 0 Å². The van der Waals surface area contributed by atoms with Crippen molar-refractivity contribution in [1.29, 1.82) is 0 Å². The lowest BCUT2D eigenvalue weighted by molar-refractivity contribution is 0.242. The average Bonchev–Trinajstić information content (AvgIpc) is 2.32. The lowest BCUT2D eigenvalue weighted by atomic mass is 9.80. The van der Waals surface area contributed by atoms with Crippen LogP contribution >= 0.6 is 0 Å². The largest absolute Gasteiger partial charge is 0.344 e. The summed E-state index contributed by atoms with van der Waals surface area (Å²) in [6, 6.07) is -0.0849. The van der Waals surface area contributed by atoms with Gasteiger partial charge >= 0.3 is 11.4 Å². The molecule has 1 heterocycles. The summed E-state index contributed by atoms with van der Waals surface area (Å²) in [5, 5.41) is 4.46. The second-order valence-electron chi connectivity index (χ2n) is 3.83. The van der Waals surface area contributed by atoms with Crippen molar-refractivity contribution < 1.29 is 0 Å². The SMILES string of the molecule is NC(Cn1c(=O)[nH][nH]c1=O)C1CCC1. The van der Waals surface area contributed by atoms with E-state index in [1.165, 1.54) is 6.42 Å². The van der Waals surface area contributed by atoms with Gasteiger partial charge in [-0.25, -0.2) is 24.4 Å². The maximum absolute atomic E-state index is 11.1. The molecule has 14 heavy (non-hydrogen) atoms. The molecule has 1 unspecified atom stereocenters. The predicted molar refractivity (Wildman–Crippen MR) is 51.0 cm³/mol. The van der Waals surface area contributed by atoms with E-state index in [4.69, 9.17) is 5.73 Å². The first-order valence-electron chi connectivity index (χ1n) is 4.81. The molecular formula is C8H14N4O2. The van der Waals surface area contributed by atoms with Gasteiger partial charge in [0.2, 0.25) is 0 Å². The van der Waals surface area contributed by atoms with E-state index in [-0.39, 0.29) is 6.04 Å². The van der Waals surface area contributed by atoms with Crippen molar-refractivity contribution in [2.24, 2.45) is 11.7 Å². The second-order valence-corrected chi connectivity index (χ2v) is 3.83. The van der Waals surface area contributed by atoms with Crippen LogP contribution < -0.4 is 17.1 Å². The molecule has 4 N–H and O–H groups in total. The third kappa shape index (κ3) is 1.52. The monoisotopic (exact) mass is 198 g/mol. The Hall–Kier alpha value is -1.30. The van der Waals surface area contributed by atoms with Crippen LogP contribution in [0.3, 0.4) is 0 Å². The maximum Gasteiger partial charge on any atom is 0.344 e. The van der Waals surface area contributed by atoms with Crippen molar-refractivity contribution in [3.05, 3.63) is 21.0 Å². The van der Waals surface area contributed by atoms with E-state index in [2.05, 4.69) is 10.2 Å². The van der Waals surface area contributed by atoms with E-state index in [1.807, 2.05) is 0 Å². The summed E-state index contributed by atoms with van der Waals surface area (Å²) in [6.07, 6.45) is 3.42. The number of nitrogens with one attached hydrogen (secondary N) is 2. The van der Waals surface area contributed by atoms with Gasteiger partial charge in [-0.05, 0) is 18.8 Å². The quantitative estimate of drug-likeness (QED) is 0.580. The molecule has 1 aromatic heterocycles. The number of hydrogen-bond donors (Lipinski definition) is 3. The van der Waals surface area contributed by atoms with E-state index < -0.39 is 11.4 Å². The molecule has 1 fully saturated rings.